The van der Waals surface area contributed by atoms with Crippen molar-refractivity contribution in [3.8, 4) is 5.75 Å². The van der Waals surface area contributed by atoms with Gasteiger partial charge in [0, 0.05) is 33.7 Å². The Bertz CT molecular complexity index is 1340. The predicted octanol–water partition coefficient (Wildman–Crippen LogP) is 5.14. The van der Waals surface area contributed by atoms with Gasteiger partial charge < -0.3 is 19.7 Å². The van der Waals surface area contributed by atoms with E-state index < -0.39 is 11.9 Å². The Labute approximate surface area is 226 Å². The van der Waals surface area contributed by atoms with Gasteiger partial charge in [0.15, 0.2) is 12.4 Å². The van der Waals surface area contributed by atoms with Crippen molar-refractivity contribution in [2.75, 3.05) is 30.5 Å². The Balaban J connectivity index is 1.33. The number of ether oxygens (including phenoxy) is 2. The van der Waals surface area contributed by atoms with Gasteiger partial charge >= 0.3 is 5.97 Å². The number of esters is 1. The molecular formula is C27H22BrClN2O6. The molecule has 1 atom stereocenters. The van der Waals surface area contributed by atoms with Crippen LogP contribution in [0.1, 0.15) is 27.1 Å². The van der Waals surface area contributed by atoms with E-state index >= 15 is 0 Å². The average molecular weight is 586 g/mol. The molecule has 3 aromatic carbocycles. The van der Waals surface area contributed by atoms with E-state index in [1.54, 1.807) is 54.6 Å². The number of carbonyl (C=O) groups is 4. The summed E-state index contributed by atoms with van der Waals surface area (Å²) in [5, 5.41) is 3.23. The Hall–Kier alpha value is -3.69. The van der Waals surface area contributed by atoms with Gasteiger partial charge in [0.25, 0.3) is 0 Å². The summed E-state index contributed by atoms with van der Waals surface area (Å²) in [5.74, 6) is -1.61. The molecule has 0 radical (unpaired) electrons. The molecule has 1 heterocycles. The van der Waals surface area contributed by atoms with E-state index in [1.165, 1.54) is 24.1 Å². The second kappa shape index (κ2) is 11.6. The molecule has 190 valence electrons. The van der Waals surface area contributed by atoms with Crippen molar-refractivity contribution in [2.24, 2.45) is 5.92 Å². The molecule has 0 aromatic heterocycles. The molecule has 10 heteroatoms. The molecule has 1 fully saturated rings. The standard InChI is InChI=1S/C27H22BrClN2O6/c1-36-24-11-8-20(29)13-22(24)31-14-18(12-25(31)33)26(34)30-21-9-4-17(5-10-21)27(35)37-15-23(32)16-2-6-19(28)7-3-16/h2-11,13,18H,12,14-15H2,1H3,(H,30,34)/t18-/m1/s1. The number of ketones is 1. The number of amides is 2. The maximum Gasteiger partial charge on any atom is 0.338 e. The number of anilines is 2. The molecule has 0 saturated carbocycles. The number of rotatable bonds is 8. The lowest BCUT2D eigenvalue weighted by Gasteiger charge is -2.20. The number of halogens is 2. The van der Waals surface area contributed by atoms with Gasteiger partial charge in [0.1, 0.15) is 5.75 Å². The van der Waals surface area contributed by atoms with E-state index in [9.17, 15) is 19.2 Å². The highest BCUT2D eigenvalue weighted by Crippen LogP contribution is 2.35. The van der Waals surface area contributed by atoms with E-state index in [2.05, 4.69) is 21.2 Å². The van der Waals surface area contributed by atoms with Crippen LogP contribution in [0.2, 0.25) is 5.02 Å². The lowest BCUT2D eigenvalue weighted by atomic mass is 10.1. The zero-order valence-corrected chi connectivity index (χ0v) is 22.0. The van der Waals surface area contributed by atoms with E-state index in [0.29, 0.717) is 27.7 Å². The van der Waals surface area contributed by atoms with Gasteiger partial charge in [0.2, 0.25) is 11.8 Å². The van der Waals surface area contributed by atoms with E-state index in [-0.39, 0.29) is 42.7 Å². The van der Waals surface area contributed by atoms with Crippen LogP contribution in [0.4, 0.5) is 11.4 Å². The topological polar surface area (TPSA) is 102 Å². The van der Waals surface area contributed by atoms with Gasteiger partial charge in [-0.05, 0) is 54.6 Å². The SMILES string of the molecule is COc1ccc(Cl)cc1N1C[C@H](C(=O)Nc2ccc(C(=O)OCC(=O)c3ccc(Br)cc3)cc2)CC1=O. The number of Topliss-reactive ketones (excluding diaryl/α,β-unsaturated/α-hetero) is 1. The lowest BCUT2D eigenvalue weighted by molar-refractivity contribution is -0.122. The second-order valence-electron chi connectivity index (χ2n) is 8.29. The first kappa shape index (κ1) is 26.4. The molecule has 1 saturated heterocycles. The summed E-state index contributed by atoms with van der Waals surface area (Å²) in [6, 6.07) is 17.8. The average Bonchev–Trinajstić information content (AvgIpc) is 3.29. The first-order valence-corrected chi connectivity index (χ1v) is 12.4. The molecule has 0 unspecified atom stereocenters. The van der Waals surface area contributed by atoms with Crippen LogP contribution in [0.5, 0.6) is 5.75 Å². The fourth-order valence-electron chi connectivity index (χ4n) is 3.86. The maximum atomic E-state index is 12.8. The number of nitrogens with one attached hydrogen (secondary N) is 1. The van der Waals surface area contributed by atoms with Gasteiger partial charge in [-0.1, -0.05) is 39.7 Å². The van der Waals surface area contributed by atoms with E-state index in [0.717, 1.165) is 4.47 Å². The molecule has 1 aliphatic heterocycles. The normalized spacial score (nSPS) is 14.8. The maximum absolute atomic E-state index is 12.8. The van der Waals surface area contributed by atoms with Crippen LogP contribution >= 0.6 is 27.5 Å². The fraction of sp³-hybridized carbons (Fsp3) is 0.185. The number of methoxy groups -OCH3 is 1. The molecule has 1 N–H and O–H groups in total. The first-order chi connectivity index (χ1) is 17.7. The Morgan fingerprint density at radius 2 is 1.70 bits per heavy atom. The smallest absolute Gasteiger partial charge is 0.338 e. The van der Waals surface area contributed by atoms with Crippen LogP contribution in [0.3, 0.4) is 0 Å². The predicted molar refractivity (Wildman–Crippen MR) is 142 cm³/mol. The first-order valence-electron chi connectivity index (χ1n) is 11.3. The largest absolute Gasteiger partial charge is 0.495 e. The van der Waals surface area contributed by atoms with Crippen LogP contribution in [-0.2, 0) is 14.3 Å². The van der Waals surface area contributed by atoms with Crippen LogP contribution < -0.4 is 15.0 Å². The van der Waals surface area contributed by atoms with Gasteiger partial charge in [-0.15, -0.1) is 0 Å². The number of hydrogen-bond acceptors (Lipinski definition) is 6. The molecule has 0 bridgehead atoms. The summed E-state index contributed by atoms with van der Waals surface area (Å²) in [6.07, 6.45) is 0.0400. The summed E-state index contributed by atoms with van der Waals surface area (Å²) >= 11 is 9.39. The van der Waals surface area contributed by atoms with Crippen LogP contribution in [0, 0.1) is 5.92 Å². The number of nitrogens with zero attached hydrogens (tertiary/aromatic N) is 1. The van der Waals surface area contributed by atoms with Gasteiger partial charge in [0.05, 0.1) is 24.3 Å². The minimum absolute atomic E-state index is 0.0400. The number of benzene rings is 3. The monoisotopic (exact) mass is 584 g/mol. The second-order valence-corrected chi connectivity index (χ2v) is 9.65. The third kappa shape index (κ3) is 6.36. The molecular weight excluding hydrogens is 564 g/mol. The van der Waals surface area contributed by atoms with E-state index in [1.807, 2.05) is 0 Å². The highest BCUT2D eigenvalue weighted by Gasteiger charge is 2.36. The highest BCUT2D eigenvalue weighted by atomic mass is 79.9. The van der Waals surface area contributed by atoms with Crippen LogP contribution in [-0.4, -0.2) is 43.8 Å². The highest BCUT2D eigenvalue weighted by molar-refractivity contribution is 9.10. The number of carbonyl (C=O) groups excluding carboxylic acids is 4. The summed E-state index contributed by atoms with van der Waals surface area (Å²) < 4.78 is 11.3. The van der Waals surface area contributed by atoms with E-state index in [4.69, 9.17) is 21.1 Å². The van der Waals surface area contributed by atoms with Gasteiger partial charge in [-0.2, -0.15) is 0 Å². The van der Waals surface area contributed by atoms with Crippen molar-refractivity contribution in [3.63, 3.8) is 0 Å². The van der Waals surface area contributed by atoms with Crippen molar-refractivity contribution < 1.29 is 28.7 Å². The molecule has 3 aromatic rings. The lowest BCUT2D eigenvalue weighted by Crippen LogP contribution is -2.28. The number of hydrogen-bond donors (Lipinski definition) is 1. The van der Waals surface area contributed by atoms with Crippen molar-refractivity contribution in [2.45, 2.75) is 6.42 Å². The Kier molecular flexibility index (Phi) is 8.25. The summed E-state index contributed by atoms with van der Waals surface area (Å²) in [6.45, 7) is -0.208. The Morgan fingerprint density at radius 1 is 1.03 bits per heavy atom. The molecule has 4 rings (SSSR count). The summed E-state index contributed by atoms with van der Waals surface area (Å²) in [5.41, 5.74) is 1.64. The van der Waals surface area contributed by atoms with Crippen molar-refractivity contribution in [1.82, 2.24) is 0 Å². The zero-order valence-electron chi connectivity index (χ0n) is 19.7. The van der Waals surface area contributed by atoms with Crippen molar-refractivity contribution in [1.29, 1.82) is 0 Å². The molecule has 37 heavy (non-hydrogen) atoms. The van der Waals surface area contributed by atoms with Crippen LogP contribution in [0.15, 0.2) is 71.2 Å². The minimum Gasteiger partial charge on any atom is -0.495 e. The molecule has 8 nitrogen and oxygen atoms in total. The quantitative estimate of drug-likeness (QED) is 0.290. The zero-order chi connectivity index (χ0) is 26.5. The Morgan fingerprint density at radius 3 is 2.38 bits per heavy atom. The summed E-state index contributed by atoms with van der Waals surface area (Å²) in [7, 11) is 1.50. The fourth-order valence-corrected chi connectivity index (χ4v) is 4.29. The minimum atomic E-state index is -0.657. The van der Waals surface area contributed by atoms with Crippen LogP contribution in [0.25, 0.3) is 0 Å². The molecule has 2 amide bonds. The van der Waals surface area contributed by atoms with Crippen molar-refractivity contribution in [3.05, 3.63) is 87.4 Å². The summed E-state index contributed by atoms with van der Waals surface area (Å²) in [4.78, 5) is 51.5. The molecule has 1 aliphatic rings. The van der Waals surface area contributed by atoms with Gasteiger partial charge in [-0.25, -0.2) is 4.79 Å². The van der Waals surface area contributed by atoms with Crippen molar-refractivity contribution >= 4 is 62.5 Å². The third-order valence-electron chi connectivity index (χ3n) is 5.82. The molecule has 0 aliphatic carbocycles. The van der Waals surface area contributed by atoms with Gasteiger partial charge in [-0.3, -0.25) is 14.4 Å². The molecule has 0 spiro atoms. The third-order valence-corrected chi connectivity index (χ3v) is 6.58.